The molecule has 0 aliphatic carbocycles. The molecule has 0 fully saturated rings. The Kier molecular flexibility index (Phi) is 5.05. The van der Waals surface area contributed by atoms with E-state index in [-0.39, 0.29) is 5.41 Å². The van der Waals surface area contributed by atoms with E-state index in [0.29, 0.717) is 0 Å². The summed E-state index contributed by atoms with van der Waals surface area (Å²) in [5.74, 6) is 0. The second-order valence-corrected chi connectivity index (χ2v) is 4.14. The first-order chi connectivity index (χ1) is 5.95. The summed E-state index contributed by atoms with van der Waals surface area (Å²) < 4.78 is 0. The lowest BCUT2D eigenvalue weighted by atomic mass is 10.0. The van der Waals surface area contributed by atoms with Gasteiger partial charge >= 0.3 is 0 Å². The van der Waals surface area contributed by atoms with Crippen molar-refractivity contribution in [3.05, 3.63) is 35.9 Å². The van der Waals surface area contributed by atoms with E-state index in [1.165, 1.54) is 5.56 Å². The molecule has 13 heavy (non-hydrogen) atoms. The highest BCUT2D eigenvalue weighted by atomic mass is 16.1. The lowest BCUT2D eigenvalue weighted by molar-refractivity contribution is -0.113. The lowest BCUT2D eigenvalue weighted by Crippen LogP contribution is -2.04. The predicted molar refractivity (Wildman–Crippen MR) is 56.7 cm³/mol. The van der Waals surface area contributed by atoms with E-state index in [1.54, 1.807) is 0 Å². The summed E-state index contributed by atoms with van der Waals surface area (Å²) in [7, 11) is 0. The quantitative estimate of drug-likeness (QED) is 0.557. The summed E-state index contributed by atoms with van der Waals surface area (Å²) in [5.41, 5.74) is 1.18. The van der Waals surface area contributed by atoms with Crippen molar-refractivity contribution in [3.63, 3.8) is 0 Å². The molecule has 0 aliphatic heterocycles. The minimum Gasteiger partial charge on any atom is -0.303 e. The summed E-state index contributed by atoms with van der Waals surface area (Å²) in [6, 6.07) is 10.3. The monoisotopic (exact) mass is 178 g/mol. The molecule has 1 aromatic carbocycles. The van der Waals surface area contributed by atoms with E-state index < -0.39 is 0 Å². The van der Waals surface area contributed by atoms with Crippen LogP contribution in [0.2, 0.25) is 0 Å². The second kappa shape index (κ2) is 5.52. The van der Waals surface area contributed by atoms with Crippen LogP contribution in [0.25, 0.3) is 0 Å². The first-order valence-electron chi connectivity index (χ1n) is 4.44. The van der Waals surface area contributed by atoms with Crippen LogP contribution in [-0.2, 0) is 4.79 Å². The minimum absolute atomic E-state index is 0.139. The third-order valence-corrected chi connectivity index (χ3v) is 1.29. The molecule has 0 amide bonds. The number of carbonyl (C=O) groups is 1. The summed E-state index contributed by atoms with van der Waals surface area (Å²) in [6.45, 7) is 7.71. The van der Waals surface area contributed by atoms with Gasteiger partial charge in [0.2, 0.25) is 0 Å². The smallest absolute Gasteiger partial charge is 0.125 e. The molecule has 0 spiro atoms. The Bertz CT molecular complexity index is 231. The average molecular weight is 178 g/mol. The fourth-order valence-electron chi connectivity index (χ4n) is 0.534. The molecule has 0 N–H and O–H groups in total. The van der Waals surface area contributed by atoms with E-state index in [4.69, 9.17) is 0 Å². The van der Waals surface area contributed by atoms with Crippen LogP contribution >= 0.6 is 0 Å². The maximum absolute atomic E-state index is 9.83. The van der Waals surface area contributed by atoms with Gasteiger partial charge in [0, 0.05) is 5.41 Å². The SMILES string of the molecule is CC(C)(C)C=O.Cc1ccccc1. The maximum atomic E-state index is 9.83. The van der Waals surface area contributed by atoms with Crippen LogP contribution in [0.5, 0.6) is 0 Å². The van der Waals surface area contributed by atoms with Crippen molar-refractivity contribution in [1.29, 1.82) is 0 Å². The Hall–Kier alpha value is -1.11. The zero-order valence-electron chi connectivity index (χ0n) is 8.87. The van der Waals surface area contributed by atoms with Gasteiger partial charge in [-0.2, -0.15) is 0 Å². The zero-order valence-corrected chi connectivity index (χ0v) is 8.87. The van der Waals surface area contributed by atoms with E-state index in [9.17, 15) is 4.79 Å². The van der Waals surface area contributed by atoms with Crippen LogP contribution in [0.4, 0.5) is 0 Å². The van der Waals surface area contributed by atoms with E-state index >= 15 is 0 Å². The minimum atomic E-state index is -0.139. The number of carbonyl (C=O) groups excluding carboxylic acids is 1. The fraction of sp³-hybridized carbons (Fsp3) is 0.417. The van der Waals surface area contributed by atoms with Gasteiger partial charge in [-0.15, -0.1) is 0 Å². The van der Waals surface area contributed by atoms with Crippen molar-refractivity contribution in [1.82, 2.24) is 0 Å². The Morgan fingerprint density at radius 3 is 1.62 bits per heavy atom. The third-order valence-electron chi connectivity index (χ3n) is 1.29. The highest BCUT2D eigenvalue weighted by Crippen LogP contribution is 2.05. The second-order valence-electron chi connectivity index (χ2n) is 4.14. The molecule has 1 nitrogen and oxygen atoms in total. The Morgan fingerprint density at radius 1 is 1.08 bits per heavy atom. The first kappa shape index (κ1) is 11.9. The highest BCUT2D eigenvalue weighted by molar-refractivity contribution is 5.56. The van der Waals surface area contributed by atoms with Crippen LogP contribution in [-0.4, -0.2) is 6.29 Å². The van der Waals surface area contributed by atoms with Gasteiger partial charge < -0.3 is 4.79 Å². The largest absolute Gasteiger partial charge is 0.303 e. The molecule has 0 saturated carbocycles. The van der Waals surface area contributed by atoms with Gasteiger partial charge in [-0.3, -0.25) is 0 Å². The molecule has 0 unspecified atom stereocenters. The number of hydrogen-bond acceptors (Lipinski definition) is 1. The number of rotatable bonds is 0. The van der Waals surface area contributed by atoms with Crippen LogP contribution in [0, 0.1) is 12.3 Å². The summed E-state index contributed by atoms with van der Waals surface area (Å²) in [6.07, 6.45) is 0.938. The van der Waals surface area contributed by atoms with Crippen LogP contribution < -0.4 is 0 Å². The van der Waals surface area contributed by atoms with Gasteiger partial charge in [0.15, 0.2) is 0 Å². The Balaban J connectivity index is 0.000000226. The number of aryl methyl sites for hydroxylation is 1. The van der Waals surface area contributed by atoms with Crippen molar-refractivity contribution in [2.75, 3.05) is 0 Å². The van der Waals surface area contributed by atoms with Crippen LogP contribution in [0.3, 0.4) is 0 Å². The predicted octanol–water partition coefficient (Wildman–Crippen LogP) is 3.23. The zero-order chi connectivity index (χ0) is 10.3. The molecule has 0 aliphatic rings. The molecule has 1 aromatic rings. The molecule has 72 valence electrons. The van der Waals surface area contributed by atoms with Crippen molar-refractivity contribution >= 4 is 6.29 Å². The molecular formula is C12H18O. The van der Waals surface area contributed by atoms with Gasteiger partial charge in [-0.05, 0) is 6.92 Å². The van der Waals surface area contributed by atoms with Crippen LogP contribution in [0.1, 0.15) is 26.3 Å². The molecular weight excluding hydrogens is 160 g/mol. The standard InChI is InChI=1S/C7H8.C5H10O/c1-7-5-3-2-4-6-7;1-5(2,3)4-6/h2-6H,1H3;4H,1-3H3. The van der Waals surface area contributed by atoms with E-state index in [0.717, 1.165) is 6.29 Å². The average Bonchev–Trinajstić information content (AvgIpc) is 2.06. The summed E-state index contributed by atoms with van der Waals surface area (Å²) in [4.78, 5) is 9.83. The number of aldehydes is 1. The molecule has 0 heterocycles. The normalized spacial score (nSPS) is 9.85. The molecule has 1 rings (SSSR count). The molecule has 0 bridgehead atoms. The molecule has 0 atom stereocenters. The van der Waals surface area contributed by atoms with Crippen molar-refractivity contribution in [2.24, 2.45) is 5.41 Å². The van der Waals surface area contributed by atoms with Crippen molar-refractivity contribution in [3.8, 4) is 0 Å². The summed E-state index contributed by atoms with van der Waals surface area (Å²) >= 11 is 0. The van der Waals surface area contributed by atoms with Gasteiger partial charge in [0.1, 0.15) is 6.29 Å². The molecule has 0 aromatic heterocycles. The maximum Gasteiger partial charge on any atom is 0.125 e. The third kappa shape index (κ3) is 8.80. The van der Waals surface area contributed by atoms with Gasteiger partial charge in [0.25, 0.3) is 0 Å². The molecule has 1 heteroatoms. The van der Waals surface area contributed by atoms with Crippen molar-refractivity contribution in [2.45, 2.75) is 27.7 Å². The number of benzene rings is 1. The first-order valence-corrected chi connectivity index (χ1v) is 4.44. The van der Waals surface area contributed by atoms with Crippen molar-refractivity contribution < 1.29 is 4.79 Å². The van der Waals surface area contributed by atoms with Gasteiger partial charge in [0.05, 0.1) is 0 Å². The van der Waals surface area contributed by atoms with E-state index in [1.807, 2.05) is 39.0 Å². The van der Waals surface area contributed by atoms with E-state index in [2.05, 4.69) is 19.1 Å². The van der Waals surface area contributed by atoms with Crippen LogP contribution in [0.15, 0.2) is 30.3 Å². The summed E-state index contributed by atoms with van der Waals surface area (Å²) in [5, 5.41) is 0. The fourth-order valence-corrected chi connectivity index (χ4v) is 0.534. The number of hydrogen-bond donors (Lipinski definition) is 0. The lowest BCUT2D eigenvalue weighted by Gasteiger charge is -2.03. The topological polar surface area (TPSA) is 17.1 Å². The molecule has 0 radical (unpaired) electrons. The highest BCUT2D eigenvalue weighted by Gasteiger charge is 2.04. The van der Waals surface area contributed by atoms with Gasteiger partial charge in [-0.1, -0.05) is 56.7 Å². The Labute approximate surface area is 80.8 Å². The molecule has 0 saturated heterocycles. The van der Waals surface area contributed by atoms with Gasteiger partial charge in [-0.25, -0.2) is 0 Å². The Morgan fingerprint density at radius 2 is 1.46 bits per heavy atom.